The van der Waals surface area contributed by atoms with Gasteiger partial charge in [0.2, 0.25) is 5.91 Å². The zero-order valence-electron chi connectivity index (χ0n) is 12.0. The predicted molar refractivity (Wildman–Crippen MR) is 76.8 cm³/mol. The average Bonchev–Trinajstić information content (AvgIpc) is 2.77. The van der Waals surface area contributed by atoms with Crippen LogP contribution in [0.1, 0.15) is 26.3 Å². The first-order valence-electron chi connectivity index (χ1n) is 6.78. The molecular weight excluding hydrogens is 256 g/mol. The Labute approximate surface area is 118 Å². The summed E-state index contributed by atoms with van der Waals surface area (Å²) in [5.41, 5.74) is 0.816. The molecule has 0 saturated heterocycles. The molecule has 1 aliphatic rings. The van der Waals surface area contributed by atoms with Crippen LogP contribution < -0.4 is 10.2 Å². The second kappa shape index (κ2) is 5.25. The average molecular weight is 276 g/mol. The van der Waals surface area contributed by atoms with E-state index < -0.39 is 17.6 Å². The molecule has 2 rings (SSSR count). The molecule has 108 valence electrons. The summed E-state index contributed by atoms with van der Waals surface area (Å²) in [6.07, 6.45) is 0.361. The molecule has 2 N–H and O–H groups in total. The number of aliphatic carboxylic acids is 1. The topological polar surface area (TPSA) is 69.6 Å². The maximum atomic E-state index is 12.7. The van der Waals surface area contributed by atoms with E-state index in [4.69, 9.17) is 0 Å². The molecule has 1 heterocycles. The van der Waals surface area contributed by atoms with Crippen molar-refractivity contribution in [2.24, 2.45) is 0 Å². The zero-order chi connectivity index (χ0) is 14.9. The highest BCUT2D eigenvalue weighted by molar-refractivity contribution is 6.06. The van der Waals surface area contributed by atoms with Gasteiger partial charge in [0.05, 0.1) is 5.54 Å². The number of hydrogen-bond acceptors (Lipinski definition) is 3. The number of amides is 1. The Balaban J connectivity index is 2.41. The van der Waals surface area contributed by atoms with Crippen molar-refractivity contribution < 1.29 is 14.7 Å². The molecule has 0 fully saturated rings. The fourth-order valence-corrected chi connectivity index (χ4v) is 2.65. The number of rotatable bonds is 4. The van der Waals surface area contributed by atoms with Gasteiger partial charge >= 0.3 is 5.97 Å². The van der Waals surface area contributed by atoms with Gasteiger partial charge in [0, 0.05) is 12.1 Å². The van der Waals surface area contributed by atoms with Crippen molar-refractivity contribution >= 4 is 17.6 Å². The lowest BCUT2D eigenvalue weighted by Crippen LogP contribution is -2.57. The summed E-state index contributed by atoms with van der Waals surface area (Å²) >= 11 is 0. The third kappa shape index (κ3) is 2.41. The monoisotopic (exact) mass is 276 g/mol. The Hall–Kier alpha value is -1.88. The van der Waals surface area contributed by atoms with E-state index >= 15 is 0 Å². The number of carboxylic acids is 1. The fourth-order valence-electron chi connectivity index (χ4n) is 2.65. The van der Waals surface area contributed by atoms with Gasteiger partial charge in [-0.15, -0.1) is 0 Å². The fraction of sp³-hybridized carbons (Fsp3) is 0.467. The van der Waals surface area contributed by atoms with Crippen LogP contribution in [0.5, 0.6) is 0 Å². The van der Waals surface area contributed by atoms with Gasteiger partial charge in [0.15, 0.2) is 0 Å². The van der Waals surface area contributed by atoms with Crippen LogP contribution in [0, 0.1) is 0 Å². The standard InChI is InChI=1S/C15H20N2O3/c1-4-16-15(2,3)14(20)17-11-8-6-5-7-10(11)9-12(17)13(18)19/h5-8,12,16H,4,9H2,1-3H3,(H,18,19). The molecule has 1 atom stereocenters. The van der Waals surface area contributed by atoms with Crippen molar-refractivity contribution in [2.75, 3.05) is 11.4 Å². The Morgan fingerprint density at radius 2 is 2.05 bits per heavy atom. The summed E-state index contributed by atoms with van der Waals surface area (Å²) in [5, 5.41) is 12.5. The molecule has 20 heavy (non-hydrogen) atoms. The van der Waals surface area contributed by atoms with Gasteiger partial charge in [0.1, 0.15) is 6.04 Å². The van der Waals surface area contributed by atoms with Crippen LogP contribution in [0.2, 0.25) is 0 Å². The first-order valence-corrected chi connectivity index (χ1v) is 6.78. The van der Waals surface area contributed by atoms with E-state index in [2.05, 4.69) is 5.32 Å². The highest BCUT2D eigenvalue weighted by Crippen LogP contribution is 2.33. The number of hydrogen-bond donors (Lipinski definition) is 2. The van der Waals surface area contributed by atoms with E-state index in [0.29, 0.717) is 18.7 Å². The summed E-state index contributed by atoms with van der Waals surface area (Å²) < 4.78 is 0. The number of para-hydroxylation sites is 1. The lowest BCUT2D eigenvalue weighted by Gasteiger charge is -2.32. The van der Waals surface area contributed by atoms with Crippen molar-refractivity contribution in [2.45, 2.75) is 38.8 Å². The summed E-state index contributed by atoms with van der Waals surface area (Å²) in [6, 6.07) is 6.54. The van der Waals surface area contributed by atoms with Crippen molar-refractivity contribution in [3.63, 3.8) is 0 Å². The van der Waals surface area contributed by atoms with Gasteiger partial charge in [-0.05, 0) is 32.0 Å². The number of likely N-dealkylation sites (N-methyl/N-ethyl adjacent to an activating group) is 1. The van der Waals surface area contributed by atoms with Gasteiger partial charge < -0.3 is 10.4 Å². The minimum Gasteiger partial charge on any atom is -0.480 e. The van der Waals surface area contributed by atoms with Crippen molar-refractivity contribution in [1.82, 2.24) is 5.32 Å². The summed E-state index contributed by atoms with van der Waals surface area (Å²) in [5.74, 6) is -1.18. The second-order valence-electron chi connectivity index (χ2n) is 5.52. The molecule has 5 nitrogen and oxygen atoms in total. The van der Waals surface area contributed by atoms with E-state index in [1.807, 2.05) is 25.1 Å². The number of nitrogens with one attached hydrogen (secondary N) is 1. The Morgan fingerprint density at radius 1 is 1.40 bits per heavy atom. The molecule has 0 aromatic heterocycles. The number of carbonyl (C=O) groups excluding carboxylic acids is 1. The number of carboxylic acid groups (broad SMARTS) is 1. The van der Waals surface area contributed by atoms with Crippen molar-refractivity contribution in [3.05, 3.63) is 29.8 Å². The minimum atomic E-state index is -0.971. The third-order valence-corrected chi connectivity index (χ3v) is 3.63. The minimum absolute atomic E-state index is 0.211. The number of fused-ring (bicyclic) bond motifs is 1. The number of carbonyl (C=O) groups is 2. The molecule has 1 unspecified atom stereocenters. The van der Waals surface area contributed by atoms with E-state index in [1.54, 1.807) is 19.9 Å². The summed E-state index contributed by atoms with van der Waals surface area (Å²) in [4.78, 5) is 25.6. The SMILES string of the molecule is CCNC(C)(C)C(=O)N1c2ccccc2CC1C(=O)O. The van der Waals surface area contributed by atoms with Crippen LogP contribution in [0.3, 0.4) is 0 Å². The van der Waals surface area contributed by atoms with Crippen LogP contribution in [-0.4, -0.2) is 35.1 Å². The van der Waals surface area contributed by atoms with Crippen LogP contribution in [0.4, 0.5) is 5.69 Å². The Bertz CT molecular complexity index is 540. The maximum absolute atomic E-state index is 12.7. The second-order valence-corrected chi connectivity index (χ2v) is 5.52. The molecule has 0 spiro atoms. The Kier molecular flexibility index (Phi) is 3.81. The highest BCUT2D eigenvalue weighted by Gasteiger charge is 2.43. The summed E-state index contributed by atoms with van der Waals surface area (Å²) in [7, 11) is 0. The molecule has 0 bridgehead atoms. The third-order valence-electron chi connectivity index (χ3n) is 3.63. The van der Waals surface area contributed by atoms with Crippen LogP contribution in [0.15, 0.2) is 24.3 Å². The van der Waals surface area contributed by atoms with Crippen LogP contribution in [-0.2, 0) is 16.0 Å². The van der Waals surface area contributed by atoms with Gasteiger partial charge in [-0.1, -0.05) is 25.1 Å². The zero-order valence-corrected chi connectivity index (χ0v) is 12.0. The van der Waals surface area contributed by atoms with Gasteiger partial charge in [-0.2, -0.15) is 0 Å². The molecule has 0 saturated carbocycles. The summed E-state index contributed by atoms with van der Waals surface area (Å²) in [6.45, 7) is 6.12. The molecule has 0 radical (unpaired) electrons. The van der Waals surface area contributed by atoms with Gasteiger partial charge in [-0.3, -0.25) is 9.69 Å². The molecule has 1 aromatic carbocycles. The van der Waals surface area contributed by atoms with E-state index in [1.165, 1.54) is 4.90 Å². The van der Waals surface area contributed by atoms with Gasteiger partial charge in [-0.25, -0.2) is 4.79 Å². The van der Waals surface area contributed by atoms with Crippen molar-refractivity contribution in [3.8, 4) is 0 Å². The van der Waals surface area contributed by atoms with E-state index in [9.17, 15) is 14.7 Å². The number of benzene rings is 1. The molecule has 0 aliphatic carbocycles. The van der Waals surface area contributed by atoms with E-state index in [-0.39, 0.29) is 5.91 Å². The maximum Gasteiger partial charge on any atom is 0.327 e. The molecule has 1 amide bonds. The van der Waals surface area contributed by atoms with Gasteiger partial charge in [0.25, 0.3) is 0 Å². The molecular formula is C15H20N2O3. The largest absolute Gasteiger partial charge is 0.480 e. The Morgan fingerprint density at radius 3 is 2.65 bits per heavy atom. The lowest BCUT2D eigenvalue weighted by molar-refractivity contribution is -0.140. The quantitative estimate of drug-likeness (QED) is 0.872. The first-order chi connectivity index (χ1) is 9.38. The number of anilines is 1. The van der Waals surface area contributed by atoms with Crippen LogP contribution >= 0.6 is 0 Å². The van der Waals surface area contributed by atoms with E-state index in [0.717, 1.165) is 5.56 Å². The molecule has 1 aromatic rings. The smallest absolute Gasteiger partial charge is 0.327 e. The van der Waals surface area contributed by atoms with Crippen molar-refractivity contribution in [1.29, 1.82) is 0 Å². The normalized spacial score (nSPS) is 17.9. The van der Waals surface area contributed by atoms with Crippen LogP contribution in [0.25, 0.3) is 0 Å². The molecule has 1 aliphatic heterocycles. The predicted octanol–water partition coefficient (Wildman–Crippen LogP) is 1.42. The number of nitrogens with zero attached hydrogens (tertiary/aromatic N) is 1. The lowest BCUT2D eigenvalue weighted by atomic mass is 10.0. The highest BCUT2D eigenvalue weighted by atomic mass is 16.4. The first kappa shape index (κ1) is 14.5. The molecule has 5 heteroatoms.